The Morgan fingerprint density at radius 1 is 1.67 bits per heavy atom. The Balaban J connectivity index is 2.63. The molecule has 6 heteroatoms. The SMILES string of the molecule is NC1CCN(C(=O)O)CC1(F)F. The number of alkyl halides is 2. The molecule has 1 saturated heterocycles. The molecule has 1 rings (SSSR count). The normalized spacial score (nSPS) is 28.6. The molecule has 0 radical (unpaired) electrons. The van der Waals surface area contributed by atoms with Crippen LogP contribution >= 0.6 is 0 Å². The maximum absolute atomic E-state index is 12.8. The number of rotatable bonds is 0. The van der Waals surface area contributed by atoms with Crippen LogP contribution in [0.4, 0.5) is 13.6 Å². The van der Waals surface area contributed by atoms with Crippen LogP contribution in [0, 0.1) is 0 Å². The lowest BCUT2D eigenvalue weighted by Gasteiger charge is -2.34. The Morgan fingerprint density at radius 3 is 2.67 bits per heavy atom. The summed E-state index contributed by atoms with van der Waals surface area (Å²) in [5.41, 5.74) is 5.11. The molecule has 1 amide bonds. The van der Waals surface area contributed by atoms with Gasteiger partial charge in [0, 0.05) is 6.54 Å². The third-order valence-electron chi connectivity index (χ3n) is 1.92. The molecule has 0 aromatic heterocycles. The van der Waals surface area contributed by atoms with Gasteiger partial charge in [-0.2, -0.15) is 0 Å². The summed E-state index contributed by atoms with van der Waals surface area (Å²) in [5.74, 6) is -3.09. The highest BCUT2D eigenvalue weighted by atomic mass is 19.3. The lowest BCUT2D eigenvalue weighted by molar-refractivity contribution is -0.0730. The van der Waals surface area contributed by atoms with Gasteiger partial charge in [-0.05, 0) is 6.42 Å². The van der Waals surface area contributed by atoms with Crippen molar-refractivity contribution in [3.05, 3.63) is 0 Å². The molecule has 1 heterocycles. The van der Waals surface area contributed by atoms with Crippen molar-refractivity contribution in [2.45, 2.75) is 18.4 Å². The van der Waals surface area contributed by atoms with E-state index in [1.165, 1.54) is 0 Å². The second kappa shape index (κ2) is 2.85. The molecular weight excluding hydrogens is 170 g/mol. The molecule has 1 unspecified atom stereocenters. The van der Waals surface area contributed by atoms with Crippen LogP contribution in [0.15, 0.2) is 0 Å². The van der Waals surface area contributed by atoms with Crippen molar-refractivity contribution in [3.63, 3.8) is 0 Å². The molecule has 0 saturated carbocycles. The van der Waals surface area contributed by atoms with Gasteiger partial charge in [-0.3, -0.25) is 0 Å². The van der Waals surface area contributed by atoms with E-state index in [2.05, 4.69) is 0 Å². The molecule has 70 valence electrons. The van der Waals surface area contributed by atoms with Crippen LogP contribution in [0.25, 0.3) is 0 Å². The van der Waals surface area contributed by atoms with Crippen molar-refractivity contribution < 1.29 is 18.7 Å². The standard InChI is InChI=1S/C6H10F2N2O2/c7-6(8)3-10(5(11)12)2-1-4(6)9/h4H,1-3,9H2,(H,11,12). The number of likely N-dealkylation sites (tertiary alicyclic amines) is 1. The maximum atomic E-state index is 12.8. The van der Waals surface area contributed by atoms with Gasteiger partial charge in [0.05, 0.1) is 12.6 Å². The summed E-state index contributed by atoms with van der Waals surface area (Å²) in [4.78, 5) is 11.0. The van der Waals surface area contributed by atoms with E-state index in [0.29, 0.717) is 4.90 Å². The van der Waals surface area contributed by atoms with Crippen molar-refractivity contribution in [2.75, 3.05) is 13.1 Å². The predicted molar refractivity (Wildman–Crippen MR) is 37.1 cm³/mol. The smallest absolute Gasteiger partial charge is 0.407 e. The Morgan fingerprint density at radius 2 is 2.25 bits per heavy atom. The van der Waals surface area contributed by atoms with Gasteiger partial charge in [-0.1, -0.05) is 0 Å². The zero-order valence-corrected chi connectivity index (χ0v) is 6.33. The van der Waals surface area contributed by atoms with E-state index in [1.807, 2.05) is 0 Å². The molecule has 0 bridgehead atoms. The Bertz CT molecular complexity index is 198. The van der Waals surface area contributed by atoms with Crippen LogP contribution in [0.1, 0.15) is 6.42 Å². The molecule has 12 heavy (non-hydrogen) atoms. The molecule has 1 atom stereocenters. The molecule has 0 aliphatic carbocycles. The van der Waals surface area contributed by atoms with Gasteiger partial charge >= 0.3 is 6.09 Å². The Labute approximate surface area is 67.9 Å². The van der Waals surface area contributed by atoms with Gasteiger partial charge in [-0.25, -0.2) is 13.6 Å². The molecular formula is C6H10F2N2O2. The molecule has 0 aromatic carbocycles. The predicted octanol–water partition coefficient (Wildman–Crippen LogP) is 0.333. The molecule has 1 aliphatic rings. The minimum absolute atomic E-state index is 0.0132. The van der Waals surface area contributed by atoms with E-state index in [9.17, 15) is 13.6 Å². The third-order valence-corrected chi connectivity index (χ3v) is 1.92. The van der Waals surface area contributed by atoms with Crippen LogP contribution in [0.3, 0.4) is 0 Å². The van der Waals surface area contributed by atoms with Crippen LogP contribution in [0.5, 0.6) is 0 Å². The quantitative estimate of drug-likeness (QED) is 0.564. The number of carbonyl (C=O) groups is 1. The maximum Gasteiger partial charge on any atom is 0.407 e. The first-order chi connectivity index (χ1) is 5.43. The first-order valence-electron chi connectivity index (χ1n) is 3.55. The largest absolute Gasteiger partial charge is 0.465 e. The lowest BCUT2D eigenvalue weighted by Crippen LogP contribution is -2.56. The summed E-state index contributed by atoms with van der Waals surface area (Å²) in [6.07, 6.45) is -1.30. The van der Waals surface area contributed by atoms with E-state index in [-0.39, 0.29) is 13.0 Å². The highest BCUT2D eigenvalue weighted by molar-refractivity contribution is 5.65. The summed E-state index contributed by atoms with van der Waals surface area (Å²) >= 11 is 0. The van der Waals surface area contributed by atoms with E-state index >= 15 is 0 Å². The average Bonchev–Trinajstić information content (AvgIpc) is 1.94. The van der Waals surface area contributed by atoms with Crippen molar-refractivity contribution in [1.82, 2.24) is 4.90 Å². The number of nitrogens with two attached hydrogens (primary N) is 1. The van der Waals surface area contributed by atoms with Gasteiger partial charge in [0.15, 0.2) is 0 Å². The number of carboxylic acid groups (broad SMARTS) is 1. The minimum atomic E-state index is -3.09. The Kier molecular flexibility index (Phi) is 2.18. The van der Waals surface area contributed by atoms with Crippen LogP contribution in [-0.4, -0.2) is 41.2 Å². The fourth-order valence-corrected chi connectivity index (χ4v) is 1.12. The number of halogens is 2. The number of piperidine rings is 1. The fourth-order valence-electron chi connectivity index (χ4n) is 1.12. The first-order valence-corrected chi connectivity index (χ1v) is 3.55. The average molecular weight is 180 g/mol. The second-order valence-corrected chi connectivity index (χ2v) is 2.86. The highest BCUT2D eigenvalue weighted by Crippen LogP contribution is 2.25. The van der Waals surface area contributed by atoms with E-state index in [4.69, 9.17) is 10.8 Å². The van der Waals surface area contributed by atoms with Crippen LogP contribution < -0.4 is 5.73 Å². The zero-order chi connectivity index (χ0) is 9.35. The fraction of sp³-hybridized carbons (Fsp3) is 0.833. The number of hydrogen-bond acceptors (Lipinski definition) is 2. The monoisotopic (exact) mass is 180 g/mol. The van der Waals surface area contributed by atoms with Crippen LogP contribution in [-0.2, 0) is 0 Å². The van der Waals surface area contributed by atoms with Crippen molar-refractivity contribution in [1.29, 1.82) is 0 Å². The van der Waals surface area contributed by atoms with Crippen LogP contribution in [0.2, 0.25) is 0 Å². The second-order valence-electron chi connectivity index (χ2n) is 2.86. The van der Waals surface area contributed by atoms with Crippen molar-refractivity contribution in [3.8, 4) is 0 Å². The molecule has 0 aromatic rings. The summed E-state index contributed by atoms with van der Waals surface area (Å²) < 4.78 is 25.6. The van der Waals surface area contributed by atoms with Crippen molar-refractivity contribution in [2.24, 2.45) is 5.73 Å². The van der Waals surface area contributed by atoms with E-state index in [0.717, 1.165) is 0 Å². The number of amides is 1. The van der Waals surface area contributed by atoms with E-state index < -0.39 is 24.6 Å². The lowest BCUT2D eigenvalue weighted by atomic mass is 10.0. The van der Waals surface area contributed by atoms with Gasteiger partial charge in [-0.15, -0.1) is 0 Å². The van der Waals surface area contributed by atoms with Gasteiger partial charge in [0.1, 0.15) is 0 Å². The van der Waals surface area contributed by atoms with Gasteiger partial charge in [0.25, 0.3) is 5.92 Å². The summed E-state index contributed by atoms with van der Waals surface area (Å²) in [5, 5.41) is 8.41. The summed E-state index contributed by atoms with van der Waals surface area (Å²) in [6.45, 7) is -0.699. The number of hydrogen-bond donors (Lipinski definition) is 2. The molecule has 1 fully saturated rings. The van der Waals surface area contributed by atoms with Gasteiger partial charge in [0.2, 0.25) is 0 Å². The highest BCUT2D eigenvalue weighted by Gasteiger charge is 2.43. The molecule has 4 nitrogen and oxygen atoms in total. The summed E-state index contributed by atoms with van der Waals surface area (Å²) in [6, 6.07) is -1.21. The number of nitrogens with zero attached hydrogens (tertiary/aromatic N) is 1. The molecule has 3 N–H and O–H groups in total. The zero-order valence-electron chi connectivity index (χ0n) is 6.33. The van der Waals surface area contributed by atoms with Gasteiger partial charge < -0.3 is 15.7 Å². The minimum Gasteiger partial charge on any atom is -0.465 e. The molecule has 0 spiro atoms. The van der Waals surface area contributed by atoms with Crippen molar-refractivity contribution >= 4 is 6.09 Å². The van der Waals surface area contributed by atoms with E-state index in [1.54, 1.807) is 0 Å². The first kappa shape index (κ1) is 9.18. The topological polar surface area (TPSA) is 66.6 Å². The summed E-state index contributed by atoms with van der Waals surface area (Å²) in [7, 11) is 0. The molecule has 1 aliphatic heterocycles. The third kappa shape index (κ3) is 1.63. The Hall–Kier alpha value is -0.910.